The third-order valence-corrected chi connectivity index (χ3v) is 4.56. The van der Waals surface area contributed by atoms with Crippen molar-refractivity contribution in [2.75, 3.05) is 0 Å². The lowest BCUT2D eigenvalue weighted by molar-refractivity contribution is 0.0926. The number of fused-ring (bicyclic) bond motifs is 1. The van der Waals surface area contributed by atoms with Gasteiger partial charge in [0, 0.05) is 12.4 Å². The third kappa shape index (κ3) is 3.05. The first kappa shape index (κ1) is 17.2. The van der Waals surface area contributed by atoms with Crippen molar-refractivity contribution in [3.8, 4) is 17.3 Å². The molecule has 3 aromatic rings. The lowest BCUT2D eigenvalue weighted by atomic mass is 9.86. The summed E-state index contributed by atoms with van der Waals surface area (Å²) in [5, 5.41) is 8.37. The van der Waals surface area contributed by atoms with Gasteiger partial charge in [0.25, 0.3) is 0 Å². The summed E-state index contributed by atoms with van der Waals surface area (Å²) in [6.45, 7) is 1.95. The summed E-state index contributed by atoms with van der Waals surface area (Å²) in [6, 6.07) is 7.30. The molecular weight excluding hydrogens is 350 g/mol. The molecule has 0 radical (unpaired) electrons. The van der Waals surface area contributed by atoms with Gasteiger partial charge < -0.3 is 4.74 Å². The maximum absolute atomic E-state index is 14.1. The minimum absolute atomic E-state index is 0.153. The van der Waals surface area contributed by atoms with Gasteiger partial charge in [-0.1, -0.05) is 19.1 Å². The minimum Gasteiger partial charge on any atom is -0.446 e. The largest absolute Gasteiger partial charge is 0.446 e. The third-order valence-electron chi connectivity index (χ3n) is 4.56. The molecule has 0 aliphatic heterocycles. The quantitative estimate of drug-likeness (QED) is 0.653. The minimum atomic E-state index is -0.881. The fraction of sp³-hybridized carbons (Fsp3) is 0.200. The lowest BCUT2D eigenvalue weighted by Crippen LogP contribution is -2.35. The Bertz CT molecular complexity index is 990. The molecule has 7 heteroatoms. The van der Waals surface area contributed by atoms with Crippen molar-refractivity contribution >= 4 is 0 Å². The molecule has 0 fully saturated rings. The summed E-state index contributed by atoms with van der Waals surface area (Å²) in [7, 11) is 0. The summed E-state index contributed by atoms with van der Waals surface area (Å²) in [4.78, 5) is 8.22. The summed E-state index contributed by atoms with van der Waals surface area (Å²) >= 11 is 0. The van der Waals surface area contributed by atoms with Gasteiger partial charge in [0.05, 0.1) is 11.3 Å². The predicted octanol–water partition coefficient (Wildman–Crippen LogP) is 4.01. The molecule has 1 aliphatic carbocycles. The number of halogens is 2. The molecule has 0 saturated heterocycles. The Morgan fingerprint density at radius 1 is 1.07 bits per heavy atom. The van der Waals surface area contributed by atoms with Crippen molar-refractivity contribution in [2.24, 2.45) is 0 Å². The Morgan fingerprint density at radius 3 is 2.52 bits per heavy atom. The molecular formula is C20H16F2N4O. The zero-order valence-corrected chi connectivity index (χ0v) is 14.6. The summed E-state index contributed by atoms with van der Waals surface area (Å²) in [5.74, 6) is -1.35. The molecule has 27 heavy (non-hydrogen) atoms. The number of ether oxygens (including phenoxy) is 1. The summed E-state index contributed by atoms with van der Waals surface area (Å²) in [6.07, 6.45) is 8.16. The Balaban J connectivity index is 1.79. The highest BCUT2D eigenvalue weighted by Crippen LogP contribution is 2.37. The van der Waals surface area contributed by atoms with Crippen LogP contribution in [0.1, 0.15) is 24.6 Å². The zero-order valence-electron chi connectivity index (χ0n) is 14.6. The number of aromatic nitrogens is 4. The molecule has 2 heterocycles. The van der Waals surface area contributed by atoms with E-state index in [1.54, 1.807) is 24.5 Å². The SMILES string of the molecule is CC[C@]1(Oc2ncccn2)C=CCc2cc(-c3c(F)cccc3F)nnc21. The van der Waals surface area contributed by atoms with Crippen LogP contribution in [0.3, 0.4) is 0 Å². The van der Waals surface area contributed by atoms with Crippen molar-refractivity contribution < 1.29 is 13.5 Å². The Kier molecular flexibility index (Phi) is 4.35. The van der Waals surface area contributed by atoms with Gasteiger partial charge in [-0.25, -0.2) is 18.7 Å². The van der Waals surface area contributed by atoms with Gasteiger partial charge in [-0.2, -0.15) is 5.10 Å². The first-order valence-electron chi connectivity index (χ1n) is 8.58. The topological polar surface area (TPSA) is 60.8 Å². The van der Waals surface area contributed by atoms with E-state index in [4.69, 9.17) is 4.74 Å². The Morgan fingerprint density at radius 2 is 1.81 bits per heavy atom. The van der Waals surface area contributed by atoms with Crippen molar-refractivity contribution in [1.82, 2.24) is 20.2 Å². The molecule has 0 amide bonds. The maximum Gasteiger partial charge on any atom is 0.317 e. The summed E-state index contributed by atoms with van der Waals surface area (Å²) < 4.78 is 34.3. The highest BCUT2D eigenvalue weighted by molar-refractivity contribution is 5.61. The molecule has 0 unspecified atom stereocenters. The zero-order chi connectivity index (χ0) is 18.9. The van der Waals surface area contributed by atoms with Crippen LogP contribution in [-0.2, 0) is 12.0 Å². The van der Waals surface area contributed by atoms with E-state index in [-0.39, 0.29) is 17.3 Å². The van der Waals surface area contributed by atoms with E-state index < -0.39 is 17.2 Å². The van der Waals surface area contributed by atoms with E-state index in [2.05, 4.69) is 20.2 Å². The molecule has 0 spiro atoms. The number of benzene rings is 1. The van der Waals surface area contributed by atoms with Crippen LogP contribution in [0.5, 0.6) is 6.01 Å². The van der Waals surface area contributed by atoms with E-state index in [0.29, 0.717) is 18.5 Å². The van der Waals surface area contributed by atoms with Gasteiger partial charge in [0.2, 0.25) is 0 Å². The van der Waals surface area contributed by atoms with Crippen molar-refractivity contribution in [1.29, 1.82) is 0 Å². The van der Waals surface area contributed by atoms with Crippen LogP contribution in [0.2, 0.25) is 0 Å². The second-order valence-corrected chi connectivity index (χ2v) is 6.18. The number of allylic oxidation sites excluding steroid dienone is 1. The molecule has 1 aliphatic rings. The van der Waals surface area contributed by atoms with E-state index in [9.17, 15) is 8.78 Å². The van der Waals surface area contributed by atoms with Crippen LogP contribution in [-0.4, -0.2) is 20.2 Å². The number of hydrogen-bond donors (Lipinski definition) is 0. The van der Waals surface area contributed by atoms with Crippen LogP contribution in [0.4, 0.5) is 8.78 Å². The van der Waals surface area contributed by atoms with Crippen molar-refractivity contribution in [3.05, 3.63) is 77.8 Å². The second kappa shape index (κ2) is 6.83. The molecule has 5 nitrogen and oxygen atoms in total. The van der Waals surface area contributed by atoms with E-state index >= 15 is 0 Å². The molecule has 4 rings (SSSR count). The molecule has 0 saturated carbocycles. The van der Waals surface area contributed by atoms with E-state index in [1.807, 2.05) is 19.1 Å². The predicted molar refractivity (Wildman–Crippen MR) is 94.9 cm³/mol. The van der Waals surface area contributed by atoms with Gasteiger partial charge in [0.1, 0.15) is 17.3 Å². The maximum atomic E-state index is 14.1. The summed E-state index contributed by atoms with van der Waals surface area (Å²) in [5.41, 5.74) is 0.481. The first-order chi connectivity index (χ1) is 13.1. The van der Waals surface area contributed by atoms with Crippen LogP contribution >= 0.6 is 0 Å². The second-order valence-electron chi connectivity index (χ2n) is 6.18. The fourth-order valence-corrected chi connectivity index (χ4v) is 3.20. The van der Waals surface area contributed by atoms with E-state index in [0.717, 1.165) is 5.56 Å². The average molecular weight is 366 g/mol. The normalized spacial score (nSPS) is 18.2. The highest BCUT2D eigenvalue weighted by Gasteiger charge is 2.37. The lowest BCUT2D eigenvalue weighted by Gasteiger charge is -2.32. The van der Waals surface area contributed by atoms with Crippen LogP contribution in [0, 0.1) is 11.6 Å². The van der Waals surface area contributed by atoms with Gasteiger partial charge in [-0.3, -0.25) is 0 Å². The van der Waals surface area contributed by atoms with Crippen molar-refractivity contribution in [3.63, 3.8) is 0 Å². The molecule has 1 atom stereocenters. The van der Waals surface area contributed by atoms with Crippen molar-refractivity contribution in [2.45, 2.75) is 25.4 Å². The smallest absolute Gasteiger partial charge is 0.317 e. The number of hydrogen-bond acceptors (Lipinski definition) is 5. The fourth-order valence-electron chi connectivity index (χ4n) is 3.20. The standard InChI is InChI=1S/C20H16F2N4O/c1-2-20(27-19-23-10-5-11-24-19)9-4-6-13-12-16(25-26-18(13)20)17-14(21)7-3-8-15(17)22/h3-5,7-12H,2,6H2,1H3/t20-/m0/s1. The van der Waals surface area contributed by atoms with Gasteiger partial charge in [-0.15, -0.1) is 5.10 Å². The number of rotatable bonds is 4. The van der Waals surface area contributed by atoms with Gasteiger partial charge >= 0.3 is 6.01 Å². The highest BCUT2D eigenvalue weighted by atomic mass is 19.1. The molecule has 2 aromatic heterocycles. The molecule has 1 aromatic carbocycles. The van der Waals surface area contributed by atoms with Gasteiger partial charge in [-0.05, 0) is 48.7 Å². The first-order valence-corrected chi connectivity index (χ1v) is 8.58. The van der Waals surface area contributed by atoms with Gasteiger partial charge in [0.15, 0.2) is 5.60 Å². The van der Waals surface area contributed by atoms with Crippen LogP contribution in [0.15, 0.2) is 54.9 Å². The molecule has 0 bridgehead atoms. The Labute approximate surface area is 154 Å². The van der Waals surface area contributed by atoms with Crippen LogP contribution < -0.4 is 4.74 Å². The molecule has 0 N–H and O–H groups in total. The van der Waals surface area contributed by atoms with Crippen LogP contribution in [0.25, 0.3) is 11.3 Å². The molecule has 136 valence electrons. The average Bonchev–Trinajstić information content (AvgIpc) is 2.68. The number of nitrogens with zero attached hydrogens (tertiary/aromatic N) is 4. The van der Waals surface area contributed by atoms with E-state index in [1.165, 1.54) is 18.2 Å². The Hall–Kier alpha value is -3.22. The monoisotopic (exact) mass is 366 g/mol.